The van der Waals surface area contributed by atoms with Gasteiger partial charge >= 0.3 is 0 Å². The van der Waals surface area contributed by atoms with Crippen LogP contribution in [-0.4, -0.2) is 59.3 Å². The van der Waals surface area contributed by atoms with Crippen LogP contribution in [0.2, 0.25) is 0 Å². The van der Waals surface area contributed by atoms with Crippen LogP contribution in [-0.2, 0) is 11.2 Å². The summed E-state index contributed by atoms with van der Waals surface area (Å²) in [5.74, 6) is -0.0193. The van der Waals surface area contributed by atoms with E-state index >= 15 is 0 Å². The third-order valence-electron chi connectivity index (χ3n) is 5.56. The van der Waals surface area contributed by atoms with Crippen molar-refractivity contribution in [3.63, 3.8) is 0 Å². The van der Waals surface area contributed by atoms with Gasteiger partial charge in [0.15, 0.2) is 0 Å². The topological polar surface area (TPSA) is 65.5 Å². The Morgan fingerprint density at radius 2 is 1.73 bits per heavy atom. The number of pyridine rings is 1. The van der Waals surface area contributed by atoms with E-state index in [1.807, 2.05) is 59.5 Å². The maximum atomic E-state index is 13.0. The van der Waals surface area contributed by atoms with Crippen LogP contribution in [0.15, 0.2) is 60.8 Å². The molecule has 0 atom stereocenters. The van der Waals surface area contributed by atoms with Gasteiger partial charge in [-0.25, -0.2) is 0 Å². The molecule has 6 nitrogen and oxygen atoms in total. The number of hydrogen-bond acceptors (Lipinski definition) is 4. The zero-order valence-electron chi connectivity index (χ0n) is 17.2. The minimum Gasteiger partial charge on any atom is -0.336 e. The summed E-state index contributed by atoms with van der Waals surface area (Å²) in [5.41, 5.74) is 3.38. The number of benzene rings is 2. The van der Waals surface area contributed by atoms with Gasteiger partial charge in [0, 0.05) is 43.4 Å². The Bertz CT molecular complexity index is 1050. The normalized spacial score (nSPS) is 14.6. The fourth-order valence-electron chi connectivity index (χ4n) is 3.90. The zero-order valence-corrected chi connectivity index (χ0v) is 17.2. The SMILES string of the molecule is CCc1ccccc1NC(=O)CN1CCN(C(=O)c2cccc3cccnc23)CC1. The Kier molecular flexibility index (Phi) is 6.05. The van der Waals surface area contributed by atoms with E-state index in [4.69, 9.17) is 0 Å². The third kappa shape index (κ3) is 4.33. The van der Waals surface area contributed by atoms with Crippen LogP contribution in [0.3, 0.4) is 0 Å². The van der Waals surface area contributed by atoms with Crippen molar-refractivity contribution in [2.75, 3.05) is 38.0 Å². The fraction of sp³-hybridized carbons (Fsp3) is 0.292. The molecule has 3 aromatic rings. The summed E-state index contributed by atoms with van der Waals surface area (Å²) in [6.45, 7) is 4.95. The summed E-state index contributed by atoms with van der Waals surface area (Å²) < 4.78 is 0. The van der Waals surface area contributed by atoms with E-state index in [0.717, 1.165) is 28.6 Å². The lowest BCUT2D eigenvalue weighted by Gasteiger charge is -2.34. The predicted octanol–water partition coefficient (Wildman–Crippen LogP) is 3.19. The van der Waals surface area contributed by atoms with Gasteiger partial charge in [-0.05, 0) is 30.2 Å². The van der Waals surface area contributed by atoms with E-state index in [0.29, 0.717) is 38.3 Å². The Morgan fingerprint density at radius 1 is 0.967 bits per heavy atom. The predicted molar refractivity (Wildman–Crippen MR) is 119 cm³/mol. The molecule has 0 bridgehead atoms. The number of aryl methyl sites for hydroxylation is 1. The minimum absolute atomic E-state index is 0.000254. The average molecular weight is 402 g/mol. The number of para-hydroxylation sites is 2. The average Bonchev–Trinajstić information content (AvgIpc) is 2.79. The van der Waals surface area contributed by atoms with Gasteiger partial charge in [-0.1, -0.05) is 43.3 Å². The molecule has 1 fully saturated rings. The number of nitrogens with one attached hydrogen (secondary N) is 1. The molecule has 2 heterocycles. The van der Waals surface area contributed by atoms with Crippen molar-refractivity contribution in [1.82, 2.24) is 14.8 Å². The highest BCUT2D eigenvalue weighted by molar-refractivity contribution is 6.05. The highest BCUT2D eigenvalue weighted by Gasteiger charge is 2.24. The van der Waals surface area contributed by atoms with Gasteiger partial charge in [-0.3, -0.25) is 19.5 Å². The Labute approximate surface area is 176 Å². The standard InChI is InChI=1S/C24H26N4O2/c1-2-18-7-3-4-11-21(18)26-22(29)17-27-13-15-28(16-14-27)24(30)20-10-5-8-19-9-6-12-25-23(19)20/h3-12H,2,13-17H2,1H3,(H,26,29). The second-order valence-corrected chi connectivity index (χ2v) is 7.51. The van der Waals surface area contributed by atoms with E-state index in [2.05, 4.69) is 22.1 Å². The molecule has 0 spiro atoms. The van der Waals surface area contributed by atoms with Crippen molar-refractivity contribution >= 4 is 28.4 Å². The molecule has 0 unspecified atom stereocenters. The molecule has 0 saturated carbocycles. The molecule has 0 aliphatic carbocycles. The number of nitrogens with zero attached hydrogens (tertiary/aromatic N) is 3. The molecule has 1 saturated heterocycles. The van der Waals surface area contributed by atoms with Crippen molar-refractivity contribution in [2.45, 2.75) is 13.3 Å². The Morgan fingerprint density at radius 3 is 2.53 bits per heavy atom. The number of carbonyl (C=O) groups excluding carboxylic acids is 2. The summed E-state index contributed by atoms with van der Waals surface area (Å²) in [6.07, 6.45) is 2.59. The van der Waals surface area contributed by atoms with Crippen molar-refractivity contribution in [3.05, 3.63) is 71.9 Å². The smallest absolute Gasteiger partial charge is 0.256 e. The van der Waals surface area contributed by atoms with Crippen LogP contribution in [0.1, 0.15) is 22.8 Å². The number of anilines is 1. The number of piperazine rings is 1. The van der Waals surface area contributed by atoms with Crippen LogP contribution in [0.5, 0.6) is 0 Å². The highest BCUT2D eigenvalue weighted by atomic mass is 16.2. The second kappa shape index (κ2) is 9.05. The van der Waals surface area contributed by atoms with Crippen LogP contribution in [0.25, 0.3) is 10.9 Å². The lowest BCUT2D eigenvalue weighted by molar-refractivity contribution is -0.117. The van der Waals surface area contributed by atoms with Gasteiger partial charge in [-0.2, -0.15) is 0 Å². The molecule has 1 aliphatic heterocycles. The summed E-state index contributed by atoms with van der Waals surface area (Å²) in [7, 11) is 0. The van der Waals surface area contributed by atoms with E-state index in [1.165, 1.54) is 0 Å². The van der Waals surface area contributed by atoms with Crippen molar-refractivity contribution < 1.29 is 9.59 Å². The van der Waals surface area contributed by atoms with Gasteiger partial charge in [0.25, 0.3) is 5.91 Å². The fourth-order valence-corrected chi connectivity index (χ4v) is 3.90. The van der Waals surface area contributed by atoms with Gasteiger partial charge in [0.05, 0.1) is 17.6 Å². The second-order valence-electron chi connectivity index (χ2n) is 7.51. The first-order chi connectivity index (χ1) is 14.7. The van der Waals surface area contributed by atoms with Crippen molar-refractivity contribution in [1.29, 1.82) is 0 Å². The van der Waals surface area contributed by atoms with Gasteiger partial charge < -0.3 is 10.2 Å². The lowest BCUT2D eigenvalue weighted by atomic mass is 10.1. The molecule has 30 heavy (non-hydrogen) atoms. The largest absolute Gasteiger partial charge is 0.336 e. The number of carbonyl (C=O) groups is 2. The molecule has 1 N–H and O–H groups in total. The zero-order chi connectivity index (χ0) is 20.9. The van der Waals surface area contributed by atoms with Gasteiger partial charge in [0.1, 0.15) is 0 Å². The number of fused-ring (bicyclic) bond motifs is 1. The summed E-state index contributed by atoms with van der Waals surface area (Å²) in [6, 6.07) is 17.4. The summed E-state index contributed by atoms with van der Waals surface area (Å²) in [4.78, 5) is 33.9. The van der Waals surface area contributed by atoms with Crippen LogP contribution >= 0.6 is 0 Å². The van der Waals surface area contributed by atoms with E-state index < -0.39 is 0 Å². The van der Waals surface area contributed by atoms with E-state index in [1.54, 1.807) is 6.20 Å². The summed E-state index contributed by atoms with van der Waals surface area (Å²) >= 11 is 0. The number of rotatable bonds is 5. The molecule has 1 aliphatic rings. The van der Waals surface area contributed by atoms with Gasteiger partial charge in [-0.15, -0.1) is 0 Å². The maximum Gasteiger partial charge on any atom is 0.256 e. The molecule has 2 amide bonds. The first-order valence-electron chi connectivity index (χ1n) is 10.4. The van der Waals surface area contributed by atoms with E-state index in [-0.39, 0.29) is 11.8 Å². The maximum absolute atomic E-state index is 13.0. The molecular weight excluding hydrogens is 376 g/mol. The Balaban J connectivity index is 1.34. The highest BCUT2D eigenvalue weighted by Crippen LogP contribution is 2.19. The van der Waals surface area contributed by atoms with Crippen LogP contribution in [0, 0.1) is 0 Å². The van der Waals surface area contributed by atoms with Crippen LogP contribution < -0.4 is 5.32 Å². The number of amides is 2. The molecule has 4 rings (SSSR count). The molecule has 1 aromatic heterocycles. The molecule has 154 valence electrons. The monoisotopic (exact) mass is 402 g/mol. The van der Waals surface area contributed by atoms with Crippen molar-refractivity contribution in [3.8, 4) is 0 Å². The number of hydrogen-bond donors (Lipinski definition) is 1. The molecular formula is C24H26N4O2. The molecule has 0 radical (unpaired) electrons. The molecule has 2 aromatic carbocycles. The number of aromatic nitrogens is 1. The molecule has 6 heteroatoms. The third-order valence-corrected chi connectivity index (χ3v) is 5.56. The van der Waals surface area contributed by atoms with Crippen LogP contribution in [0.4, 0.5) is 5.69 Å². The minimum atomic E-state index is -0.0195. The van der Waals surface area contributed by atoms with Gasteiger partial charge in [0.2, 0.25) is 5.91 Å². The summed E-state index contributed by atoms with van der Waals surface area (Å²) in [5, 5.41) is 3.98. The quantitative estimate of drug-likeness (QED) is 0.712. The lowest BCUT2D eigenvalue weighted by Crippen LogP contribution is -2.50. The first kappa shape index (κ1) is 20.0. The Hall–Kier alpha value is -3.25. The van der Waals surface area contributed by atoms with E-state index in [9.17, 15) is 9.59 Å². The van der Waals surface area contributed by atoms with Crippen molar-refractivity contribution in [2.24, 2.45) is 0 Å². The first-order valence-corrected chi connectivity index (χ1v) is 10.4.